The van der Waals surface area contributed by atoms with Gasteiger partial charge < -0.3 is 28.8 Å². The van der Waals surface area contributed by atoms with E-state index in [2.05, 4.69) is 29.4 Å². The van der Waals surface area contributed by atoms with E-state index < -0.39 is 0 Å². The fraction of sp³-hybridized carbons (Fsp3) is 0.286. The molecule has 0 radical (unpaired) electrons. The van der Waals surface area contributed by atoms with Crippen LogP contribution in [0.2, 0.25) is 0 Å². The lowest BCUT2D eigenvalue weighted by Gasteiger charge is -2.35. The van der Waals surface area contributed by atoms with Gasteiger partial charge in [0.2, 0.25) is 5.56 Å². The minimum atomic E-state index is -0.326. The summed E-state index contributed by atoms with van der Waals surface area (Å²) in [6, 6.07) is 79.6. The summed E-state index contributed by atoms with van der Waals surface area (Å²) < 4.78 is 8.58. The van der Waals surface area contributed by atoms with Gasteiger partial charge in [0, 0.05) is 167 Å². The summed E-state index contributed by atoms with van der Waals surface area (Å²) in [5.41, 5.74) is 6.66. The molecule has 1 aliphatic rings. The van der Waals surface area contributed by atoms with Crippen LogP contribution in [0.4, 0.5) is 0 Å². The van der Waals surface area contributed by atoms with Crippen molar-refractivity contribution in [3.63, 3.8) is 0 Å². The smallest absolute Gasteiger partial charge is 0.283 e. The number of pyridine rings is 6. The van der Waals surface area contributed by atoms with Gasteiger partial charge in [0.25, 0.3) is 27.8 Å². The Labute approximate surface area is 621 Å². The molecule has 12 rings (SSSR count). The van der Waals surface area contributed by atoms with Gasteiger partial charge in [-0.05, 0) is 64.2 Å². The van der Waals surface area contributed by atoms with E-state index in [1.165, 1.54) is 54.0 Å². The van der Waals surface area contributed by atoms with Crippen LogP contribution >= 0.6 is 0 Å². The standard InChI is InChI=1S/C84H92N12O11/c1-85-73(33-17-39-79(85)97)57-86-45-47-87(58-74-34-18-40-80(98)92(74)103-63-68-23-7-2-8-24-68)49-51-89(60-76-36-20-42-82(100)94(76)105-65-70-27-11-4-12-28-70)53-55-91(62-78-38-22-44-84(102)96(78)107-67-72-31-15-6-16-32-72)56-54-90(61-77-37-21-43-83(101)95(77)106-66-71-29-13-5-14-30-71)52-50-88(48-46-86)59-75-35-19-41-81(99)93(75)104-64-69-25-9-3-10-26-69/h2-44H,45-67H2,1H3. The minimum absolute atomic E-state index is 0.140. The van der Waals surface area contributed by atoms with Crippen LogP contribution in [0.15, 0.2) is 290 Å². The van der Waals surface area contributed by atoms with Crippen molar-refractivity contribution in [1.82, 2.24) is 57.6 Å². The molecule has 0 aliphatic carbocycles. The van der Waals surface area contributed by atoms with Crippen molar-refractivity contribution in [1.29, 1.82) is 0 Å². The van der Waals surface area contributed by atoms with Crippen LogP contribution in [-0.4, -0.2) is 136 Å². The third-order valence-corrected chi connectivity index (χ3v) is 19.0. The van der Waals surface area contributed by atoms with Crippen molar-refractivity contribution in [2.45, 2.75) is 72.3 Å². The van der Waals surface area contributed by atoms with Gasteiger partial charge in [0.05, 0.1) is 28.5 Å². The van der Waals surface area contributed by atoms with Gasteiger partial charge in [-0.15, -0.1) is 23.7 Å². The monoisotopic (exact) mass is 1440 g/mol. The van der Waals surface area contributed by atoms with E-state index in [1.54, 1.807) is 54.1 Å². The lowest BCUT2D eigenvalue weighted by Crippen LogP contribution is -2.46. The van der Waals surface area contributed by atoms with Crippen molar-refractivity contribution in [3.8, 4) is 0 Å². The van der Waals surface area contributed by atoms with Crippen LogP contribution in [0.5, 0.6) is 0 Å². The number of hydrogen-bond acceptors (Lipinski definition) is 17. The van der Waals surface area contributed by atoms with Crippen molar-refractivity contribution >= 4 is 0 Å². The average molecular weight is 1450 g/mol. The topological polar surface area (TPSA) is 198 Å². The Hall–Kier alpha value is -11.4. The number of rotatable bonds is 27. The molecule has 5 aromatic carbocycles. The minimum Gasteiger partial charge on any atom is -0.406 e. The third-order valence-electron chi connectivity index (χ3n) is 19.0. The summed E-state index contributed by atoms with van der Waals surface area (Å²) in [5.74, 6) is 0. The molecule has 0 saturated carbocycles. The summed E-state index contributed by atoms with van der Waals surface area (Å²) in [7, 11) is 1.79. The fourth-order valence-corrected chi connectivity index (χ4v) is 12.9. The molecule has 107 heavy (non-hydrogen) atoms. The van der Waals surface area contributed by atoms with Gasteiger partial charge in [-0.1, -0.05) is 188 Å². The molecule has 0 spiro atoms. The molecule has 11 aromatic rings. The SMILES string of the molecule is Cn1c(CN2CCN(Cc3cccc(=O)n3OCc3ccccc3)CCN(Cc3cccc(=O)n3OCc3ccccc3)CCN(Cc3cccc(=O)n3OCc3ccccc3)CCN(Cc3cccc(=O)n3OCc3ccccc3)CCN(Cc3cccc(=O)n3OCc3ccccc3)CC2)cccc1=O. The van der Waals surface area contributed by atoms with E-state index in [0.717, 1.165) is 33.5 Å². The summed E-state index contributed by atoms with van der Waals surface area (Å²) in [5, 5.41) is 0. The second kappa shape index (κ2) is 38.5. The number of hydrogen-bond donors (Lipinski definition) is 0. The van der Waals surface area contributed by atoms with Crippen LogP contribution < -0.4 is 57.5 Å². The molecule has 0 N–H and O–H groups in total. The van der Waals surface area contributed by atoms with Gasteiger partial charge in [-0.25, -0.2) is 0 Å². The van der Waals surface area contributed by atoms with Gasteiger partial charge in [-0.2, -0.15) is 0 Å². The fourth-order valence-electron chi connectivity index (χ4n) is 12.9. The summed E-state index contributed by atoms with van der Waals surface area (Å²) in [6.45, 7) is 7.96. The Kier molecular flexibility index (Phi) is 27.1. The maximum atomic E-state index is 14.1. The van der Waals surface area contributed by atoms with E-state index >= 15 is 0 Å². The van der Waals surface area contributed by atoms with E-state index in [4.69, 9.17) is 24.2 Å². The number of benzene rings is 5. The molecule has 1 saturated heterocycles. The lowest BCUT2D eigenvalue weighted by atomic mass is 10.2. The molecular weight excluding hydrogens is 1350 g/mol. The van der Waals surface area contributed by atoms with Crippen LogP contribution in [0.3, 0.4) is 0 Å². The van der Waals surface area contributed by atoms with Crippen molar-refractivity contribution in [2.24, 2.45) is 7.05 Å². The van der Waals surface area contributed by atoms with Gasteiger partial charge in [0.15, 0.2) is 0 Å². The highest BCUT2D eigenvalue weighted by Crippen LogP contribution is 2.16. The third kappa shape index (κ3) is 22.1. The van der Waals surface area contributed by atoms with Crippen molar-refractivity contribution in [3.05, 3.63) is 385 Å². The quantitative estimate of drug-likeness (QED) is 0.0529. The zero-order valence-electron chi connectivity index (χ0n) is 60.4. The largest absolute Gasteiger partial charge is 0.406 e. The second-order valence-corrected chi connectivity index (χ2v) is 26.6. The molecule has 23 heteroatoms. The van der Waals surface area contributed by atoms with E-state index in [-0.39, 0.29) is 99.1 Å². The van der Waals surface area contributed by atoms with Crippen LogP contribution in [-0.2, 0) is 79.4 Å². The molecule has 0 amide bonds. The Morgan fingerprint density at radius 3 is 0.570 bits per heavy atom. The highest BCUT2D eigenvalue weighted by atomic mass is 16.7. The average Bonchev–Trinajstić information content (AvgIpc) is 0.858. The summed E-state index contributed by atoms with van der Waals surface area (Å²) >= 11 is 0. The molecule has 0 bridgehead atoms. The molecule has 23 nitrogen and oxygen atoms in total. The predicted molar refractivity (Wildman–Crippen MR) is 410 cm³/mol. The first-order valence-electron chi connectivity index (χ1n) is 36.3. The van der Waals surface area contributed by atoms with Gasteiger partial charge in [0.1, 0.15) is 33.0 Å². The first-order chi connectivity index (χ1) is 52.4. The van der Waals surface area contributed by atoms with Crippen LogP contribution in [0.1, 0.15) is 62.0 Å². The highest BCUT2D eigenvalue weighted by Gasteiger charge is 2.24. The number of nitrogens with zero attached hydrogens (tertiary/aromatic N) is 12. The molecule has 554 valence electrons. The first kappa shape index (κ1) is 75.2. The van der Waals surface area contributed by atoms with Gasteiger partial charge >= 0.3 is 0 Å². The van der Waals surface area contributed by atoms with Crippen molar-refractivity contribution in [2.75, 3.05) is 78.5 Å². The molecular formula is C84H92N12O11. The van der Waals surface area contributed by atoms with Gasteiger partial charge in [-0.3, -0.25) is 58.2 Å². The normalized spacial score (nSPS) is 14.6. The van der Waals surface area contributed by atoms with Crippen LogP contribution in [0.25, 0.3) is 0 Å². The maximum Gasteiger partial charge on any atom is 0.283 e. The Morgan fingerprint density at radius 2 is 0.374 bits per heavy atom. The molecule has 7 heterocycles. The second-order valence-electron chi connectivity index (χ2n) is 26.6. The molecule has 0 atom stereocenters. The Bertz CT molecular complexity index is 4750. The summed E-state index contributed by atoms with van der Waals surface area (Å²) in [4.78, 5) is 130. The highest BCUT2D eigenvalue weighted by molar-refractivity contribution is 5.19. The molecule has 0 unspecified atom stereocenters. The molecule has 1 fully saturated rings. The number of aromatic nitrogens is 6. The van der Waals surface area contributed by atoms with Crippen molar-refractivity contribution < 1.29 is 24.2 Å². The molecule has 1 aliphatic heterocycles. The maximum absolute atomic E-state index is 14.1. The lowest BCUT2D eigenvalue weighted by molar-refractivity contribution is 0.0614. The summed E-state index contributed by atoms with van der Waals surface area (Å²) in [6.07, 6.45) is 0. The predicted octanol–water partition coefficient (Wildman–Crippen LogP) is 6.66. The Morgan fingerprint density at radius 1 is 0.206 bits per heavy atom. The van der Waals surface area contributed by atoms with E-state index in [0.29, 0.717) is 114 Å². The van der Waals surface area contributed by atoms with Crippen LogP contribution in [0, 0.1) is 0 Å². The van der Waals surface area contributed by atoms with E-state index in [9.17, 15) is 28.8 Å². The molecule has 6 aromatic heterocycles. The van der Waals surface area contributed by atoms with E-state index in [1.807, 2.05) is 188 Å². The zero-order chi connectivity index (χ0) is 73.9. The zero-order valence-corrected chi connectivity index (χ0v) is 60.4. The Balaban J connectivity index is 0.956. The first-order valence-corrected chi connectivity index (χ1v) is 36.3.